The molecule has 5 heteroatoms. The van der Waals surface area contributed by atoms with E-state index in [2.05, 4.69) is 29.5 Å². The minimum Gasteiger partial charge on any atom is -0.479 e. The molecule has 2 aromatic rings. The third-order valence-corrected chi connectivity index (χ3v) is 7.23. The lowest BCUT2D eigenvalue weighted by atomic mass is 9.92. The number of benzene rings is 1. The average molecular weight is 419 g/mol. The second-order valence-electron chi connectivity index (χ2n) is 6.88. The molecule has 0 spiro atoms. The van der Waals surface area contributed by atoms with Crippen molar-refractivity contribution in [3.05, 3.63) is 70.1 Å². The van der Waals surface area contributed by atoms with E-state index in [0.717, 1.165) is 29.2 Å². The molecule has 1 aromatic heterocycles. The van der Waals surface area contributed by atoms with E-state index >= 15 is 0 Å². The van der Waals surface area contributed by atoms with Gasteiger partial charge in [-0.15, -0.1) is 0 Å². The standard InChI is InChI=1S/C22H26O2S3/c1-22(18-8-4-2-5-9-18)21(23)15-19(24-22)14-20(17-10-13-26-16-17)27-12-7-3-6-11-25/h2,4-5,8-10,13,15-16,20,25H,3,6-7,11-12,14H2,1H3. The van der Waals surface area contributed by atoms with Crippen molar-refractivity contribution in [1.29, 1.82) is 0 Å². The minimum atomic E-state index is -0.896. The van der Waals surface area contributed by atoms with Crippen LogP contribution in [0.5, 0.6) is 0 Å². The normalized spacial score (nSPS) is 20.4. The average Bonchev–Trinajstić information content (AvgIpc) is 3.30. The molecule has 2 nitrogen and oxygen atoms in total. The number of thiophene rings is 1. The Balaban J connectivity index is 1.65. The summed E-state index contributed by atoms with van der Waals surface area (Å²) in [5.41, 5.74) is 1.34. The van der Waals surface area contributed by atoms with Gasteiger partial charge in [0.15, 0.2) is 5.60 Å². The van der Waals surface area contributed by atoms with Gasteiger partial charge in [-0.05, 0) is 53.7 Å². The topological polar surface area (TPSA) is 26.3 Å². The summed E-state index contributed by atoms with van der Waals surface area (Å²) in [5.74, 6) is 2.90. The molecule has 0 fully saturated rings. The predicted octanol–water partition coefficient (Wildman–Crippen LogP) is 6.41. The number of thiol groups is 1. The van der Waals surface area contributed by atoms with E-state index in [-0.39, 0.29) is 5.78 Å². The molecule has 2 unspecified atom stereocenters. The van der Waals surface area contributed by atoms with Gasteiger partial charge in [-0.25, -0.2) is 0 Å². The van der Waals surface area contributed by atoms with Crippen LogP contribution in [0.3, 0.4) is 0 Å². The number of ketones is 1. The van der Waals surface area contributed by atoms with Crippen LogP contribution in [0.2, 0.25) is 0 Å². The lowest BCUT2D eigenvalue weighted by Gasteiger charge is -2.25. The van der Waals surface area contributed by atoms with E-state index in [0.29, 0.717) is 5.25 Å². The number of allylic oxidation sites excluding steroid dienone is 1. The Morgan fingerprint density at radius 3 is 2.70 bits per heavy atom. The van der Waals surface area contributed by atoms with Gasteiger partial charge in [-0.1, -0.05) is 36.8 Å². The van der Waals surface area contributed by atoms with Gasteiger partial charge in [0.2, 0.25) is 5.78 Å². The number of carbonyl (C=O) groups excluding carboxylic acids is 1. The number of hydrogen-bond acceptors (Lipinski definition) is 5. The molecule has 1 aromatic carbocycles. The fourth-order valence-corrected chi connectivity index (χ4v) is 5.51. The highest BCUT2D eigenvalue weighted by molar-refractivity contribution is 7.99. The quantitative estimate of drug-likeness (QED) is 0.357. The van der Waals surface area contributed by atoms with Gasteiger partial charge in [0.1, 0.15) is 5.76 Å². The van der Waals surface area contributed by atoms with E-state index in [1.165, 1.54) is 24.8 Å². The van der Waals surface area contributed by atoms with Crippen molar-refractivity contribution in [3.8, 4) is 0 Å². The molecule has 0 amide bonds. The summed E-state index contributed by atoms with van der Waals surface area (Å²) in [6.07, 6.45) is 6.05. The molecule has 0 saturated heterocycles. The van der Waals surface area contributed by atoms with Crippen LogP contribution in [0.1, 0.15) is 49.0 Å². The fraction of sp³-hybridized carbons (Fsp3) is 0.409. The first-order chi connectivity index (χ1) is 13.1. The lowest BCUT2D eigenvalue weighted by Crippen LogP contribution is -2.29. The van der Waals surface area contributed by atoms with Crippen LogP contribution in [0.25, 0.3) is 0 Å². The zero-order valence-corrected chi connectivity index (χ0v) is 18.1. The Hall–Kier alpha value is -1.17. The molecule has 0 aliphatic carbocycles. The molecular formula is C22H26O2S3. The number of hydrogen-bond donors (Lipinski definition) is 1. The Morgan fingerprint density at radius 1 is 1.19 bits per heavy atom. The number of rotatable bonds is 10. The molecule has 3 rings (SSSR count). The summed E-state index contributed by atoms with van der Waals surface area (Å²) in [6, 6.07) is 12.0. The molecule has 2 atom stereocenters. The molecule has 27 heavy (non-hydrogen) atoms. The van der Waals surface area contributed by atoms with Crippen molar-refractivity contribution in [2.24, 2.45) is 0 Å². The van der Waals surface area contributed by atoms with Crippen LogP contribution >= 0.6 is 35.7 Å². The maximum absolute atomic E-state index is 12.7. The summed E-state index contributed by atoms with van der Waals surface area (Å²) in [5, 5.41) is 4.65. The summed E-state index contributed by atoms with van der Waals surface area (Å²) in [4.78, 5) is 12.7. The molecule has 0 saturated carbocycles. The molecule has 0 N–H and O–H groups in total. The van der Waals surface area contributed by atoms with Crippen LogP contribution in [0, 0.1) is 0 Å². The van der Waals surface area contributed by atoms with Crippen LogP contribution in [-0.2, 0) is 15.1 Å². The molecule has 144 valence electrons. The van der Waals surface area contributed by atoms with Crippen LogP contribution in [0.15, 0.2) is 59.0 Å². The minimum absolute atomic E-state index is 0.0338. The van der Waals surface area contributed by atoms with Gasteiger partial charge in [0.05, 0.1) is 0 Å². The molecule has 1 aliphatic rings. The van der Waals surface area contributed by atoms with E-state index in [4.69, 9.17) is 4.74 Å². The van der Waals surface area contributed by atoms with Gasteiger partial charge in [0.25, 0.3) is 0 Å². The van der Waals surface area contributed by atoms with Crippen molar-refractivity contribution < 1.29 is 9.53 Å². The van der Waals surface area contributed by atoms with Crippen LogP contribution in [0.4, 0.5) is 0 Å². The van der Waals surface area contributed by atoms with Gasteiger partial charge in [-0.2, -0.15) is 35.7 Å². The highest BCUT2D eigenvalue weighted by atomic mass is 32.2. The molecular weight excluding hydrogens is 392 g/mol. The summed E-state index contributed by atoms with van der Waals surface area (Å²) in [7, 11) is 0. The van der Waals surface area contributed by atoms with Gasteiger partial charge < -0.3 is 4.74 Å². The molecule has 0 radical (unpaired) electrons. The summed E-state index contributed by atoms with van der Waals surface area (Å²) in [6.45, 7) is 1.87. The van der Waals surface area contributed by atoms with E-state index in [1.807, 2.05) is 49.0 Å². The molecule has 2 heterocycles. The monoisotopic (exact) mass is 418 g/mol. The van der Waals surface area contributed by atoms with Crippen molar-refractivity contribution in [2.45, 2.75) is 43.5 Å². The fourth-order valence-electron chi connectivity index (χ4n) is 3.21. The first kappa shape index (κ1) is 20.6. The maximum Gasteiger partial charge on any atom is 0.206 e. The van der Waals surface area contributed by atoms with Gasteiger partial charge in [-0.3, -0.25) is 4.79 Å². The highest BCUT2D eigenvalue weighted by Crippen LogP contribution is 2.42. The number of thioether (sulfide) groups is 1. The predicted molar refractivity (Wildman–Crippen MR) is 120 cm³/mol. The van der Waals surface area contributed by atoms with E-state index in [9.17, 15) is 4.79 Å². The molecule has 0 bridgehead atoms. The Bertz CT molecular complexity index is 755. The van der Waals surface area contributed by atoms with Crippen molar-refractivity contribution in [1.82, 2.24) is 0 Å². The molecule has 1 aliphatic heterocycles. The summed E-state index contributed by atoms with van der Waals surface area (Å²) < 4.78 is 6.21. The van der Waals surface area contributed by atoms with Crippen molar-refractivity contribution in [3.63, 3.8) is 0 Å². The van der Waals surface area contributed by atoms with E-state index < -0.39 is 5.60 Å². The van der Waals surface area contributed by atoms with Crippen molar-refractivity contribution >= 4 is 41.5 Å². The number of unbranched alkanes of at least 4 members (excludes halogenated alkanes) is 2. The summed E-state index contributed by atoms with van der Waals surface area (Å²) >= 11 is 7.97. The van der Waals surface area contributed by atoms with E-state index in [1.54, 1.807) is 17.4 Å². The largest absolute Gasteiger partial charge is 0.479 e. The van der Waals surface area contributed by atoms with Gasteiger partial charge in [0, 0.05) is 23.3 Å². The Kier molecular flexibility index (Phi) is 7.50. The van der Waals surface area contributed by atoms with Crippen LogP contribution in [-0.4, -0.2) is 17.3 Å². The third kappa shape index (κ3) is 5.21. The van der Waals surface area contributed by atoms with Crippen LogP contribution < -0.4 is 0 Å². The Labute approximate surface area is 175 Å². The Morgan fingerprint density at radius 2 is 2.00 bits per heavy atom. The number of ether oxygens (including phenoxy) is 1. The maximum atomic E-state index is 12.7. The second-order valence-corrected chi connectivity index (χ2v) is 9.42. The third-order valence-electron chi connectivity index (χ3n) is 4.85. The van der Waals surface area contributed by atoms with Crippen molar-refractivity contribution in [2.75, 3.05) is 11.5 Å². The smallest absolute Gasteiger partial charge is 0.206 e. The zero-order chi connectivity index (χ0) is 19.1. The SMILES string of the molecule is CC1(c2ccccc2)OC(CC(SCCCCCS)c2ccsc2)=CC1=O. The second kappa shape index (κ2) is 9.85. The first-order valence-corrected chi connectivity index (χ1v) is 12.0. The lowest BCUT2D eigenvalue weighted by molar-refractivity contribution is -0.129. The zero-order valence-electron chi connectivity index (χ0n) is 15.6. The van der Waals surface area contributed by atoms with Gasteiger partial charge >= 0.3 is 0 Å². The number of carbonyl (C=O) groups is 1. The highest BCUT2D eigenvalue weighted by Gasteiger charge is 2.42. The first-order valence-electron chi connectivity index (χ1n) is 9.37.